The first-order chi connectivity index (χ1) is 23.9. The van der Waals surface area contributed by atoms with Gasteiger partial charge in [-0.25, -0.2) is 0 Å². The van der Waals surface area contributed by atoms with Crippen LogP contribution in [-0.4, -0.2) is 13.3 Å². The Morgan fingerprint density at radius 3 is 2.02 bits per heavy atom. The molecule has 1 atom stereocenters. The van der Waals surface area contributed by atoms with Crippen LogP contribution in [0.5, 0.6) is 0 Å². The number of benzene rings is 6. The molecule has 0 fully saturated rings. The van der Waals surface area contributed by atoms with E-state index in [-0.39, 0.29) is 0 Å². The van der Waals surface area contributed by atoms with Gasteiger partial charge in [0.1, 0.15) is 0 Å². The molecule has 0 radical (unpaired) electrons. The van der Waals surface area contributed by atoms with Crippen LogP contribution in [-0.2, 0) is 5.66 Å². The molecule has 2 aliphatic heterocycles. The Morgan fingerprint density at radius 2 is 1.24 bits per heavy atom. The number of hydrogen-bond acceptors (Lipinski definition) is 1. The molecule has 0 aliphatic carbocycles. The zero-order chi connectivity index (χ0) is 32.8. The maximum absolute atomic E-state index is 7.10. The molecule has 3 nitrogen and oxygen atoms in total. The van der Waals surface area contributed by atoms with Gasteiger partial charge in [-0.05, 0) is 5.39 Å². The van der Waals surface area contributed by atoms with Gasteiger partial charge in [-0.15, -0.1) is 0 Å². The van der Waals surface area contributed by atoms with Gasteiger partial charge in [0.05, 0.1) is 0 Å². The van der Waals surface area contributed by atoms with Crippen LogP contribution in [0.4, 0.5) is 0 Å². The van der Waals surface area contributed by atoms with Crippen molar-refractivity contribution in [3.8, 4) is 22.5 Å². The van der Waals surface area contributed by atoms with Crippen molar-refractivity contribution in [2.24, 2.45) is 0 Å². The van der Waals surface area contributed by atoms with Crippen LogP contribution in [0.1, 0.15) is 16.7 Å². The number of furan rings is 1. The molecule has 0 N–H and O–H groups in total. The van der Waals surface area contributed by atoms with Crippen LogP contribution in [0.2, 0.25) is 17.3 Å². The number of aromatic nitrogens is 2. The quantitative estimate of drug-likeness (QED) is 0.0955. The van der Waals surface area contributed by atoms with Crippen molar-refractivity contribution >= 4 is 71.9 Å². The van der Waals surface area contributed by atoms with E-state index in [9.17, 15) is 0 Å². The first kappa shape index (κ1) is 27.7. The van der Waals surface area contributed by atoms with Crippen LogP contribution in [0.3, 0.4) is 0 Å². The Morgan fingerprint density at radius 1 is 0.571 bits per heavy atom. The molecule has 0 bridgehead atoms. The molecule has 49 heavy (non-hydrogen) atoms. The molecule has 11 rings (SSSR count). The van der Waals surface area contributed by atoms with Crippen LogP contribution in [0.25, 0.3) is 76.8 Å². The van der Waals surface area contributed by atoms with Gasteiger partial charge >= 0.3 is 240 Å². The molecule has 0 saturated heterocycles. The average Bonchev–Trinajstić information content (AvgIpc) is 3.74. The molecule has 6 aromatic carbocycles. The minimum atomic E-state index is -2.19. The minimum absolute atomic E-state index is 0.564. The van der Waals surface area contributed by atoms with Crippen molar-refractivity contribution in [3.05, 3.63) is 150 Å². The predicted molar refractivity (Wildman–Crippen MR) is 203 cm³/mol. The van der Waals surface area contributed by atoms with Crippen molar-refractivity contribution in [2.45, 2.75) is 29.9 Å². The van der Waals surface area contributed by atoms with E-state index in [4.69, 9.17) is 4.42 Å². The van der Waals surface area contributed by atoms with Crippen molar-refractivity contribution in [3.63, 3.8) is 0 Å². The summed E-state index contributed by atoms with van der Waals surface area (Å²) >= 11 is -2.19. The fraction of sp³-hybridized carbons (Fsp3) is 0.111. The Kier molecular flexibility index (Phi) is 5.22. The first-order valence-electron chi connectivity index (χ1n) is 17.3. The fourth-order valence-electron chi connectivity index (χ4n) is 9.17. The van der Waals surface area contributed by atoms with E-state index in [2.05, 4.69) is 167 Å². The number of rotatable bonds is 1. The summed E-state index contributed by atoms with van der Waals surface area (Å²) in [6, 6.07) is 45.2. The van der Waals surface area contributed by atoms with Gasteiger partial charge in [-0.3, -0.25) is 0 Å². The molecule has 5 heterocycles. The van der Waals surface area contributed by atoms with E-state index >= 15 is 0 Å². The Balaban J connectivity index is 1.33. The molecule has 232 valence electrons. The third-order valence-electron chi connectivity index (χ3n) is 11.3. The number of nitrogens with zero attached hydrogens (tertiary/aromatic N) is 2. The van der Waals surface area contributed by atoms with Crippen molar-refractivity contribution in [1.82, 2.24) is 0 Å². The zero-order valence-corrected chi connectivity index (χ0v) is 30.1. The summed E-state index contributed by atoms with van der Waals surface area (Å²) in [6.07, 6.45) is 4.78. The second-order valence-electron chi connectivity index (χ2n) is 15.0. The van der Waals surface area contributed by atoms with Crippen LogP contribution in [0.15, 0.2) is 138 Å². The predicted octanol–water partition coefficient (Wildman–Crippen LogP) is 9.73. The topological polar surface area (TPSA) is 20.9 Å². The van der Waals surface area contributed by atoms with Gasteiger partial charge in [-0.1, -0.05) is 42.5 Å². The molecule has 1 unspecified atom stereocenters. The second kappa shape index (κ2) is 9.25. The average molecular weight is 691 g/mol. The van der Waals surface area contributed by atoms with Crippen LogP contribution >= 0.6 is 0 Å². The molecule has 1 spiro atoms. The number of aryl methyl sites for hydroxylation is 1. The monoisotopic (exact) mass is 692 g/mol. The fourth-order valence-corrected chi connectivity index (χ4v) is 11.5. The summed E-state index contributed by atoms with van der Waals surface area (Å²) < 4.78 is 13.7. The molecule has 9 aromatic rings. The molecule has 4 heteroatoms. The third kappa shape index (κ3) is 3.34. The maximum atomic E-state index is 7.10. The van der Waals surface area contributed by atoms with Crippen LogP contribution < -0.4 is 13.5 Å². The Labute approximate surface area is 287 Å². The van der Waals surface area contributed by atoms with E-state index in [1.165, 1.54) is 86.7 Å². The summed E-state index contributed by atoms with van der Waals surface area (Å²) in [5, 5.41) is 10.0. The molecular weight excluding hydrogens is 657 g/mol. The molecular formula is C45H34GeN2O+2. The number of fused-ring (bicyclic) bond motifs is 21. The molecule has 0 saturated carbocycles. The molecule has 2 aliphatic rings. The van der Waals surface area contributed by atoms with E-state index in [0.717, 1.165) is 11.2 Å². The molecule has 0 amide bonds. The second-order valence-corrected chi connectivity index (χ2v) is 25.7. The Bertz CT molecular complexity index is 2910. The first-order valence-corrected chi connectivity index (χ1v) is 24.6. The Hall–Kier alpha value is -5.26. The van der Waals surface area contributed by atoms with E-state index in [1.807, 2.05) is 0 Å². The van der Waals surface area contributed by atoms with Gasteiger partial charge in [0.25, 0.3) is 0 Å². The van der Waals surface area contributed by atoms with Crippen molar-refractivity contribution in [1.29, 1.82) is 0 Å². The number of hydrogen-bond donors (Lipinski definition) is 0. The SMILES string of the molecule is Cc1cc[n+]2c(c1)-c1c(ccc3c1oc1ccc4c5ccccc5c5ccccc5c4c13)C21c2ccccc2-c2cc[c]([Ge]([CH3])([CH3])[CH3])c[n+]21. The van der Waals surface area contributed by atoms with Gasteiger partial charge in [0.2, 0.25) is 0 Å². The van der Waals surface area contributed by atoms with E-state index in [1.54, 1.807) is 0 Å². The summed E-state index contributed by atoms with van der Waals surface area (Å²) in [4.78, 5) is 0. The summed E-state index contributed by atoms with van der Waals surface area (Å²) in [6.45, 7) is 2.20. The molecule has 3 aromatic heterocycles. The van der Waals surface area contributed by atoms with Crippen LogP contribution in [0, 0.1) is 6.92 Å². The summed E-state index contributed by atoms with van der Waals surface area (Å²) in [5.41, 5.74) is 10.1. The summed E-state index contributed by atoms with van der Waals surface area (Å²) in [7, 11) is 0. The van der Waals surface area contributed by atoms with Gasteiger partial charge in [0, 0.05) is 0 Å². The normalized spacial score (nSPS) is 16.2. The van der Waals surface area contributed by atoms with Gasteiger partial charge in [-0.2, -0.15) is 0 Å². The standard InChI is InChI=1S/C45H34GeN2O/c1-27-23-24-47-39(25-27)43-37(45(47)36-16-10-9-15-34(36)38-21-17-28(26-48(38)45)46(2,3)4)20-18-35-42-40(49-44(35)43)22-19-33-31-13-6-5-11-29(31)30-12-7-8-14-32(30)41(33)42/h5-26H,1-4H3/q+2. The van der Waals surface area contributed by atoms with Gasteiger partial charge < -0.3 is 0 Å². The van der Waals surface area contributed by atoms with E-state index in [0.29, 0.717) is 0 Å². The van der Waals surface area contributed by atoms with Gasteiger partial charge in [0.15, 0.2) is 0 Å². The number of pyridine rings is 2. The van der Waals surface area contributed by atoms with Crippen molar-refractivity contribution in [2.75, 3.05) is 0 Å². The summed E-state index contributed by atoms with van der Waals surface area (Å²) in [5.74, 6) is 7.46. The van der Waals surface area contributed by atoms with Crippen molar-refractivity contribution < 1.29 is 13.6 Å². The third-order valence-corrected chi connectivity index (χ3v) is 15.6. The zero-order valence-electron chi connectivity index (χ0n) is 28.0. The van der Waals surface area contributed by atoms with E-state index < -0.39 is 18.9 Å².